The fourth-order valence-electron chi connectivity index (χ4n) is 2.53. The molecule has 3 heteroatoms. The molecule has 106 valence electrons. The molecule has 0 spiro atoms. The number of pyridine rings is 1. The van der Waals surface area contributed by atoms with E-state index >= 15 is 0 Å². The van der Waals surface area contributed by atoms with Gasteiger partial charge in [0.25, 0.3) is 0 Å². The number of anilines is 1. The zero-order chi connectivity index (χ0) is 15.0. The molecule has 0 aliphatic carbocycles. The highest BCUT2D eigenvalue weighted by Gasteiger charge is 2.25. The van der Waals surface area contributed by atoms with E-state index in [4.69, 9.17) is 5.73 Å². The summed E-state index contributed by atoms with van der Waals surface area (Å²) in [4.78, 5) is 4.66. The number of benzene rings is 2. The Morgan fingerprint density at radius 3 is 2.38 bits per heavy atom. The molecule has 1 heterocycles. The van der Waals surface area contributed by atoms with Crippen LogP contribution in [0.15, 0.2) is 54.6 Å². The molecule has 0 aliphatic rings. The maximum Gasteiger partial charge on any atom is 0.141 e. The smallest absolute Gasteiger partial charge is 0.141 e. The molecule has 0 saturated carbocycles. The molecule has 0 atom stereocenters. The zero-order valence-corrected chi connectivity index (χ0v) is 12.2. The predicted octanol–water partition coefficient (Wildman–Crippen LogP) is 3.85. The number of nitrogens with zero attached hydrogens (tertiary/aromatic N) is 1. The van der Waals surface area contributed by atoms with Crippen LogP contribution >= 0.6 is 0 Å². The third kappa shape index (κ3) is 2.31. The number of phenolic OH excluding ortho intramolecular Hbond substituents is 1. The Morgan fingerprint density at radius 1 is 0.952 bits per heavy atom. The van der Waals surface area contributed by atoms with Gasteiger partial charge in [-0.15, -0.1) is 0 Å². The largest absolute Gasteiger partial charge is 0.506 e. The van der Waals surface area contributed by atoms with Crippen LogP contribution in [0.5, 0.6) is 5.75 Å². The Balaban J connectivity index is 2.14. The molecule has 3 rings (SSSR count). The van der Waals surface area contributed by atoms with Crippen molar-refractivity contribution in [2.75, 3.05) is 5.73 Å². The maximum atomic E-state index is 9.99. The van der Waals surface area contributed by atoms with Gasteiger partial charge in [0.05, 0.1) is 5.69 Å². The third-order valence-corrected chi connectivity index (χ3v) is 3.97. The van der Waals surface area contributed by atoms with E-state index in [1.54, 1.807) is 6.07 Å². The molecule has 3 aromatic rings. The highest BCUT2D eigenvalue weighted by Crippen LogP contribution is 2.33. The number of para-hydroxylation sites is 1. The number of nitrogen functional groups attached to an aromatic ring is 1. The molecule has 0 radical (unpaired) electrons. The average molecular weight is 278 g/mol. The van der Waals surface area contributed by atoms with Crippen molar-refractivity contribution in [2.24, 2.45) is 0 Å². The van der Waals surface area contributed by atoms with Gasteiger partial charge in [-0.05, 0) is 29.8 Å². The fourth-order valence-corrected chi connectivity index (χ4v) is 2.53. The van der Waals surface area contributed by atoms with Crippen LogP contribution < -0.4 is 5.73 Å². The zero-order valence-electron chi connectivity index (χ0n) is 12.2. The van der Waals surface area contributed by atoms with Crippen molar-refractivity contribution in [1.82, 2.24) is 4.98 Å². The summed E-state index contributed by atoms with van der Waals surface area (Å²) >= 11 is 0. The number of rotatable bonds is 2. The maximum absolute atomic E-state index is 9.99. The van der Waals surface area contributed by atoms with Crippen molar-refractivity contribution >= 4 is 16.6 Å². The molecule has 0 fully saturated rings. The summed E-state index contributed by atoms with van der Waals surface area (Å²) in [6, 6.07) is 17.3. The van der Waals surface area contributed by atoms with Crippen LogP contribution in [0, 0.1) is 0 Å². The van der Waals surface area contributed by atoms with Gasteiger partial charge in [0.2, 0.25) is 0 Å². The van der Waals surface area contributed by atoms with E-state index in [9.17, 15) is 5.11 Å². The number of hydrogen-bond acceptors (Lipinski definition) is 3. The highest BCUT2D eigenvalue weighted by atomic mass is 16.3. The molecule has 3 nitrogen and oxygen atoms in total. The van der Waals surface area contributed by atoms with Crippen molar-refractivity contribution in [3.63, 3.8) is 0 Å². The van der Waals surface area contributed by atoms with Crippen LogP contribution in [-0.2, 0) is 5.41 Å². The molecule has 21 heavy (non-hydrogen) atoms. The van der Waals surface area contributed by atoms with E-state index in [0.717, 1.165) is 22.3 Å². The summed E-state index contributed by atoms with van der Waals surface area (Å²) in [6.45, 7) is 4.24. The van der Waals surface area contributed by atoms with Crippen molar-refractivity contribution in [3.05, 3.63) is 65.9 Å². The molecule has 3 N–H and O–H groups in total. The topological polar surface area (TPSA) is 59.1 Å². The van der Waals surface area contributed by atoms with Gasteiger partial charge in [0, 0.05) is 16.5 Å². The van der Waals surface area contributed by atoms with Crippen LogP contribution in [0.3, 0.4) is 0 Å². The molecular formula is C18H18N2O. The van der Waals surface area contributed by atoms with E-state index in [0.29, 0.717) is 5.52 Å². The van der Waals surface area contributed by atoms with E-state index in [2.05, 4.69) is 18.8 Å². The van der Waals surface area contributed by atoms with Crippen LogP contribution in [0.25, 0.3) is 10.9 Å². The molecular weight excluding hydrogens is 260 g/mol. The van der Waals surface area contributed by atoms with Crippen molar-refractivity contribution in [1.29, 1.82) is 0 Å². The van der Waals surface area contributed by atoms with Gasteiger partial charge in [0.1, 0.15) is 11.3 Å². The second-order valence-corrected chi connectivity index (χ2v) is 5.79. The molecule has 0 amide bonds. The van der Waals surface area contributed by atoms with E-state index in [1.807, 2.05) is 48.5 Å². The fraction of sp³-hybridized carbons (Fsp3) is 0.167. The average Bonchev–Trinajstić information content (AvgIpc) is 2.48. The molecule has 0 unspecified atom stereocenters. The Labute approximate surface area is 124 Å². The van der Waals surface area contributed by atoms with E-state index in [1.165, 1.54) is 0 Å². The lowest BCUT2D eigenvalue weighted by molar-refractivity contribution is 0.480. The van der Waals surface area contributed by atoms with Gasteiger partial charge in [-0.2, -0.15) is 0 Å². The number of aromatic nitrogens is 1. The minimum absolute atomic E-state index is 0.211. The van der Waals surface area contributed by atoms with Gasteiger partial charge in [-0.25, -0.2) is 4.98 Å². The number of hydrogen-bond donors (Lipinski definition) is 2. The van der Waals surface area contributed by atoms with Crippen molar-refractivity contribution in [3.8, 4) is 5.75 Å². The second-order valence-electron chi connectivity index (χ2n) is 5.79. The number of nitrogens with two attached hydrogens (primary N) is 1. The first-order chi connectivity index (χ1) is 9.98. The number of fused-ring (bicyclic) bond motifs is 1. The third-order valence-electron chi connectivity index (χ3n) is 3.97. The van der Waals surface area contributed by atoms with Crippen molar-refractivity contribution in [2.45, 2.75) is 19.3 Å². The predicted molar refractivity (Wildman–Crippen MR) is 86.4 cm³/mol. The Hall–Kier alpha value is -2.55. The van der Waals surface area contributed by atoms with Crippen LogP contribution in [0.2, 0.25) is 0 Å². The van der Waals surface area contributed by atoms with Gasteiger partial charge >= 0.3 is 0 Å². The SMILES string of the molecule is CC(C)(c1ccc(N)cc1)c1ccc2cccc(O)c2n1. The summed E-state index contributed by atoms with van der Waals surface area (Å²) in [7, 11) is 0. The molecule has 0 aliphatic heterocycles. The Kier molecular flexibility index (Phi) is 3.05. The first-order valence-corrected chi connectivity index (χ1v) is 6.94. The van der Waals surface area contributed by atoms with Gasteiger partial charge in [-0.3, -0.25) is 0 Å². The Bertz CT molecular complexity index is 792. The second kappa shape index (κ2) is 4.77. The summed E-state index contributed by atoms with van der Waals surface area (Å²) in [5.74, 6) is 0.211. The minimum atomic E-state index is -0.260. The van der Waals surface area contributed by atoms with Gasteiger partial charge < -0.3 is 10.8 Å². The molecule has 0 saturated heterocycles. The van der Waals surface area contributed by atoms with Crippen LogP contribution in [0.1, 0.15) is 25.1 Å². The molecule has 1 aromatic heterocycles. The minimum Gasteiger partial charge on any atom is -0.506 e. The number of phenols is 1. The summed E-state index contributed by atoms with van der Waals surface area (Å²) in [5.41, 5.74) is 8.94. The lowest BCUT2D eigenvalue weighted by Gasteiger charge is -2.25. The normalized spacial score (nSPS) is 11.7. The van der Waals surface area contributed by atoms with Gasteiger partial charge in [0.15, 0.2) is 0 Å². The highest BCUT2D eigenvalue weighted by molar-refractivity contribution is 5.84. The lowest BCUT2D eigenvalue weighted by Crippen LogP contribution is -2.20. The van der Waals surface area contributed by atoms with Crippen molar-refractivity contribution < 1.29 is 5.11 Å². The first kappa shape index (κ1) is 13.4. The van der Waals surface area contributed by atoms with Crippen LogP contribution in [0.4, 0.5) is 5.69 Å². The van der Waals surface area contributed by atoms with E-state index in [-0.39, 0.29) is 11.2 Å². The molecule has 0 bridgehead atoms. The van der Waals surface area contributed by atoms with E-state index < -0.39 is 0 Å². The lowest BCUT2D eigenvalue weighted by atomic mass is 9.81. The number of aromatic hydroxyl groups is 1. The van der Waals surface area contributed by atoms with Gasteiger partial charge in [-0.1, -0.05) is 44.2 Å². The summed E-state index contributed by atoms with van der Waals surface area (Å²) in [6.07, 6.45) is 0. The summed E-state index contributed by atoms with van der Waals surface area (Å²) < 4.78 is 0. The summed E-state index contributed by atoms with van der Waals surface area (Å²) in [5, 5.41) is 10.9. The standard InChI is InChI=1S/C18H18N2O/c1-18(2,13-7-9-14(19)10-8-13)16-11-6-12-4-3-5-15(21)17(12)20-16/h3-11,21H,19H2,1-2H3. The first-order valence-electron chi connectivity index (χ1n) is 6.94. The monoisotopic (exact) mass is 278 g/mol. The molecule has 2 aromatic carbocycles. The van der Waals surface area contributed by atoms with Crippen LogP contribution in [-0.4, -0.2) is 10.1 Å². The quantitative estimate of drug-likeness (QED) is 0.700. The Morgan fingerprint density at radius 2 is 1.67 bits per heavy atom.